The van der Waals surface area contributed by atoms with Gasteiger partial charge in [0, 0.05) is 35.5 Å². The second-order valence-corrected chi connectivity index (χ2v) is 6.55. The van der Waals surface area contributed by atoms with Crippen LogP contribution in [-0.4, -0.2) is 15.3 Å². The Labute approximate surface area is 166 Å². The number of rotatable bonds is 7. The SMILES string of the molecule is C=C(/C=C/c1cccc(-n2cccc2)c1)/C=C(\C=C/C)c1cc(C(C)=O)c[nH]1. The molecule has 3 nitrogen and oxygen atoms in total. The van der Waals surface area contributed by atoms with Crippen LogP contribution >= 0.6 is 0 Å². The number of hydrogen-bond acceptors (Lipinski definition) is 1. The summed E-state index contributed by atoms with van der Waals surface area (Å²) >= 11 is 0. The fourth-order valence-electron chi connectivity index (χ4n) is 2.91. The standard InChI is InChI=1S/C25H24N2O/c1-4-8-22(25-17-23(18-26-25)20(3)28)15-19(2)11-12-21-9-7-10-24(16-21)27-13-5-6-14-27/h4-18,26H,2H2,1,3H3/b8-4-,12-11+,22-15+. The molecule has 3 heteroatoms. The Hall–Kier alpha value is -3.59. The van der Waals surface area contributed by atoms with Crippen LogP contribution < -0.4 is 0 Å². The van der Waals surface area contributed by atoms with E-state index in [9.17, 15) is 4.79 Å². The molecule has 0 saturated carbocycles. The predicted octanol–water partition coefficient (Wildman–Crippen LogP) is 6.24. The molecular formula is C25H24N2O. The minimum absolute atomic E-state index is 0.0450. The molecule has 1 N–H and O–H groups in total. The normalized spacial score (nSPS) is 12.1. The summed E-state index contributed by atoms with van der Waals surface area (Å²) in [5, 5.41) is 0. The van der Waals surface area contributed by atoms with Crippen molar-refractivity contribution in [3.05, 3.63) is 114 Å². The van der Waals surface area contributed by atoms with Gasteiger partial charge < -0.3 is 9.55 Å². The van der Waals surface area contributed by atoms with Crippen molar-refractivity contribution in [1.29, 1.82) is 0 Å². The molecule has 0 spiro atoms. The summed E-state index contributed by atoms with van der Waals surface area (Å²) in [6.07, 6.45) is 15.8. The van der Waals surface area contributed by atoms with Crippen molar-refractivity contribution in [2.45, 2.75) is 13.8 Å². The van der Waals surface area contributed by atoms with Crippen LogP contribution in [0.15, 0.2) is 97.5 Å². The largest absolute Gasteiger partial charge is 0.360 e. The van der Waals surface area contributed by atoms with Crippen molar-refractivity contribution in [2.75, 3.05) is 0 Å². The van der Waals surface area contributed by atoms with Crippen molar-refractivity contribution >= 4 is 17.4 Å². The zero-order chi connectivity index (χ0) is 19.9. The van der Waals surface area contributed by atoms with Gasteiger partial charge in [0.1, 0.15) is 0 Å². The van der Waals surface area contributed by atoms with E-state index in [2.05, 4.69) is 40.4 Å². The number of aromatic nitrogens is 2. The number of nitrogens with one attached hydrogen (secondary N) is 1. The van der Waals surface area contributed by atoms with E-state index in [0.717, 1.165) is 28.1 Å². The fraction of sp³-hybridized carbons (Fsp3) is 0.0800. The molecule has 0 saturated heterocycles. The van der Waals surface area contributed by atoms with E-state index >= 15 is 0 Å². The second kappa shape index (κ2) is 8.87. The van der Waals surface area contributed by atoms with E-state index in [4.69, 9.17) is 0 Å². The maximum Gasteiger partial charge on any atom is 0.161 e. The number of aromatic amines is 1. The van der Waals surface area contributed by atoms with Gasteiger partial charge in [-0.3, -0.25) is 4.79 Å². The molecule has 0 radical (unpaired) electrons. The molecule has 0 fully saturated rings. The van der Waals surface area contributed by atoms with Crippen LogP contribution in [0.3, 0.4) is 0 Å². The highest BCUT2D eigenvalue weighted by Crippen LogP contribution is 2.20. The lowest BCUT2D eigenvalue weighted by Crippen LogP contribution is -1.89. The minimum atomic E-state index is 0.0450. The number of nitrogens with zero attached hydrogens (tertiary/aromatic N) is 1. The molecule has 3 rings (SSSR count). The Morgan fingerprint density at radius 1 is 1.11 bits per heavy atom. The van der Waals surface area contributed by atoms with Gasteiger partial charge in [-0.25, -0.2) is 0 Å². The van der Waals surface area contributed by atoms with Crippen molar-refractivity contribution in [3.63, 3.8) is 0 Å². The summed E-state index contributed by atoms with van der Waals surface area (Å²) in [6.45, 7) is 7.68. The summed E-state index contributed by atoms with van der Waals surface area (Å²) in [6, 6.07) is 14.2. The van der Waals surface area contributed by atoms with Crippen LogP contribution in [0.4, 0.5) is 0 Å². The van der Waals surface area contributed by atoms with Gasteiger partial charge in [-0.1, -0.05) is 43.0 Å². The van der Waals surface area contributed by atoms with E-state index in [0.29, 0.717) is 5.56 Å². The highest BCUT2D eigenvalue weighted by atomic mass is 16.1. The van der Waals surface area contributed by atoms with Gasteiger partial charge in [-0.05, 0) is 67.0 Å². The zero-order valence-electron chi connectivity index (χ0n) is 16.2. The summed E-state index contributed by atoms with van der Waals surface area (Å²) < 4.78 is 2.08. The molecule has 0 aliphatic heterocycles. The highest BCUT2D eigenvalue weighted by Gasteiger charge is 2.06. The van der Waals surface area contributed by atoms with Crippen molar-refractivity contribution in [1.82, 2.24) is 9.55 Å². The van der Waals surface area contributed by atoms with Gasteiger partial charge in [0.25, 0.3) is 0 Å². The van der Waals surface area contributed by atoms with Crippen LogP contribution in [0, 0.1) is 0 Å². The zero-order valence-corrected chi connectivity index (χ0v) is 16.2. The fourth-order valence-corrected chi connectivity index (χ4v) is 2.91. The maximum atomic E-state index is 11.5. The molecule has 2 aromatic heterocycles. The van der Waals surface area contributed by atoms with E-state index < -0.39 is 0 Å². The van der Waals surface area contributed by atoms with Crippen molar-refractivity contribution in [3.8, 4) is 5.69 Å². The number of carbonyl (C=O) groups excluding carboxylic acids is 1. The number of H-pyrrole nitrogens is 1. The molecule has 2 heterocycles. The van der Waals surface area contributed by atoms with Gasteiger partial charge in [-0.2, -0.15) is 0 Å². The summed E-state index contributed by atoms with van der Waals surface area (Å²) in [7, 11) is 0. The third kappa shape index (κ3) is 4.77. The van der Waals surface area contributed by atoms with E-state index in [1.54, 1.807) is 13.1 Å². The van der Waals surface area contributed by atoms with E-state index in [-0.39, 0.29) is 5.78 Å². The molecule has 3 aromatic rings. The van der Waals surface area contributed by atoms with Crippen LogP contribution in [-0.2, 0) is 0 Å². The summed E-state index contributed by atoms with van der Waals surface area (Å²) in [5.41, 5.74) is 5.64. The number of hydrogen-bond donors (Lipinski definition) is 1. The quantitative estimate of drug-likeness (QED) is 0.389. The molecule has 0 amide bonds. The first-order valence-corrected chi connectivity index (χ1v) is 9.21. The first kappa shape index (κ1) is 19.2. The minimum Gasteiger partial charge on any atom is -0.360 e. The Morgan fingerprint density at radius 3 is 2.57 bits per heavy atom. The van der Waals surface area contributed by atoms with Crippen LogP contribution in [0.5, 0.6) is 0 Å². The molecular weight excluding hydrogens is 344 g/mol. The Balaban J connectivity index is 1.80. The van der Waals surface area contributed by atoms with Crippen LogP contribution in [0.2, 0.25) is 0 Å². The molecule has 0 aliphatic rings. The van der Waals surface area contributed by atoms with E-state index in [1.807, 2.05) is 67.9 Å². The van der Waals surface area contributed by atoms with Gasteiger partial charge in [-0.15, -0.1) is 0 Å². The summed E-state index contributed by atoms with van der Waals surface area (Å²) in [5.74, 6) is 0.0450. The Bertz CT molecular complexity index is 1060. The topological polar surface area (TPSA) is 37.8 Å². The van der Waals surface area contributed by atoms with Crippen molar-refractivity contribution < 1.29 is 4.79 Å². The lowest BCUT2D eigenvalue weighted by atomic mass is 10.1. The highest BCUT2D eigenvalue weighted by molar-refractivity contribution is 5.95. The lowest BCUT2D eigenvalue weighted by molar-refractivity contribution is 0.101. The molecule has 0 bridgehead atoms. The number of Topliss-reactive ketones (excluding diaryl/α,β-unsaturated/α-hetero) is 1. The molecule has 0 unspecified atom stereocenters. The monoisotopic (exact) mass is 368 g/mol. The van der Waals surface area contributed by atoms with E-state index in [1.165, 1.54) is 0 Å². The molecule has 0 aliphatic carbocycles. The second-order valence-electron chi connectivity index (χ2n) is 6.55. The Kier molecular flexibility index (Phi) is 6.07. The van der Waals surface area contributed by atoms with Crippen molar-refractivity contribution in [2.24, 2.45) is 0 Å². The van der Waals surface area contributed by atoms with Gasteiger partial charge >= 0.3 is 0 Å². The molecule has 140 valence electrons. The molecule has 0 atom stereocenters. The van der Waals surface area contributed by atoms with Gasteiger partial charge in [0.15, 0.2) is 5.78 Å². The van der Waals surface area contributed by atoms with Gasteiger partial charge in [0.05, 0.1) is 0 Å². The number of ketones is 1. The lowest BCUT2D eigenvalue weighted by Gasteiger charge is -2.04. The van der Waals surface area contributed by atoms with Crippen LogP contribution in [0.1, 0.15) is 35.5 Å². The van der Waals surface area contributed by atoms with Crippen LogP contribution in [0.25, 0.3) is 17.3 Å². The smallest absolute Gasteiger partial charge is 0.161 e. The average molecular weight is 368 g/mol. The molecule has 28 heavy (non-hydrogen) atoms. The number of benzene rings is 1. The number of allylic oxidation sites excluding steroid dienone is 6. The third-order valence-electron chi connectivity index (χ3n) is 4.35. The first-order chi connectivity index (χ1) is 13.6. The molecule has 1 aromatic carbocycles. The maximum absolute atomic E-state index is 11.5. The predicted molar refractivity (Wildman–Crippen MR) is 118 cm³/mol. The third-order valence-corrected chi connectivity index (χ3v) is 4.35. The Morgan fingerprint density at radius 2 is 1.89 bits per heavy atom. The summed E-state index contributed by atoms with van der Waals surface area (Å²) in [4.78, 5) is 14.7. The number of carbonyl (C=O) groups is 1. The average Bonchev–Trinajstić information content (AvgIpc) is 3.38. The first-order valence-electron chi connectivity index (χ1n) is 9.21. The van der Waals surface area contributed by atoms with Gasteiger partial charge in [0.2, 0.25) is 0 Å².